The smallest absolute Gasteiger partial charge is 0.352 e. The van der Waals surface area contributed by atoms with E-state index in [0.29, 0.717) is 0 Å². The van der Waals surface area contributed by atoms with Crippen LogP contribution in [-0.2, 0) is 9.59 Å². The van der Waals surface area contributed by atoms with Crippen LogP contribution in [0, 0.1) is 0 Å². The zero-order chi connectivity index (χ0) is 29.4. The summed E-state index contributed by atoms with van der Waals surface area (Å²) < 4.78 is 167. The third kappa shape index (κ3) is 6.90. The summed E-state index contributed by atoms with van der Waals surface area (Å²) in [6.45, 7) is 7.34. The molecule has 0 saturated carbocycles. The van der Waals surface area contributed by atoms with Gasteiger partial charge in [0, 0.05) is 23.9 Å². The molecule has 4 nitrogen and oxygen atoms in total. The summed E-state index contributed by atoms with van der Waals surface area (Å²) in [6, 6.07) is 0. The minimum atomic E-state index is -7.82. The quantitative estimate of drug-likeness (QED) is 0.236. The summed E-state index contributed by atoms with van der Waals surface area (Å²) in [5.41, 5.74) is -2.55. The maximum absolute atomic E-state index is 13.9. The van der Waals surface area contributed by atoms with Crippen molar-refractivity contribution in [3.63, 3.8) is 0 Å². The van der Waals surface area contributed by atoms with Crippen LogP contribution in [0.25, 0.3) is 0 Å². The molecule has 2 amide bonds. The van der Waals surface area contributed by atoms with E-state index >= 15 is 0 Å². The normalized spacial score (nSPS) is 15.1. The van der Waals surface area contributed by atoms with Crippen LogP contribution in [0.3, 0.4) is 0 Å². The van der Waals surface area contributed by atoms with Crippen LogP contribution in [0.15, 0.2) is 0 Å². The number of amides is 2. The summed E-state index contributed by atoms with van der Waals surface area (Å²) in [5.74, 6) is -47.1. The Labute approximate surface area is 199 Å². The first kappa shape index (κ1) is 34.1. The number of hydrogen-bond acceptors (Lipinski definition) is 2. The first-order valence-electron chi connectivity index (χ1n) is 10.4. The molecular formula is C20H28F12N2O2. The molecule has 16 heteroatoms. The molecule has 0 fully saturated rings. The van der Waals surface area contributed by atoms with Crippen molar-refractivity contribution in [2.75, 3.05) is 0 Å². The van der Waals surface area contributed by atoms with Crippen molar-refractivity contribution < 1.29 is 62.3 Å². The van der Waals surface area contributed by atoms with Gasteiger partial charge in [0.1, 0.15) is 0 Å². The summed E-state index contributed by atoms with van der Waals surface area (Å²) in [5, 5.41) is 3.46. The zero-order valence-corrected chi connectivity index (χ0v) is 20.2. The average Bonchev–Trinajstić information content (AvgIpc) is 2.61. The molecule has 2 N–H and O–H groups in total. The first-order chi connectivity index (χ1) is 15.5. The maximum Gasteiger partial charge on any atom is 0.392 e. The summed E-state index contributed by atoms with van der Waals surface area (Å²) in [4.78, 5) is 22.9. The molecular weight excluding hydrogens is 528 g/mol. The highest BCUT2D eigenvalue weighted by Gasteiger charge is 2.90. The molecule has 0 aromatic rings. The Bertz CT molecular complexity index is 799. The molecule has 0 rings (SSSR count). The standard InChI is InChI=1S/C20H28F12N2O2/c1-13(2,3)33-11(35)9-7-8-10-15(21,22)17(25,26)19(29,30)20(31,32)18(27,28)16(23,24)12(36)34-14(4,5)6/h7-10H2,1-6H3,(H,33,35)(H,34,36). The van der Waals surface area contributed by atoms with Gasteiger partial charge in [0.15, 0.2) is 0 Å². The van der Waals surface area contributed by atoms with Crippen molar-refractivity contribution in [1.29, 1.82) is 0 Å². The van der Waals surface area contributed by atoms with Gasteiger partial charge in [-0.25, -0.2) is 0 Å². The molecule has 0 saturated heterocycles. The molecule has 0 atom stereocenters. The second-order valence-electron chi connectivity index (χ2n) is 10.3. The van der Waals surface area contributed by atoms with Gasteiger partial charge in [-0.05, 0) is 54.4 Å². The maximum atomic E-state index is 13.9. The minimum Gasteiger partial charge on any atom is -0.352 e. The fraction of sp³-hybridized carbons (Fsp3) is 0.900. The van der Waals surface area contributed by atoms with E-state index in [1.54, 1.807) is 0 Å². The van der Waals surface area contributed by atoms with Crippen molar-refractivity contribution in [2.24, 2.45) is 0 Å². The van der Waals surface area contributed by atoms with Gasteiger partial charge < -0.3 is 10.6 Å². The average molecular weight is 556 g/mol. The van der Waals surface area contributed by atoms with Gasteiger partial charge in [0.25, 0.3) is 5.91 Å². The highest BCUT2D eigenvalue weighted by molar-refractivity contribution is 5.85. The Balaban J connectivity index is 5.87. The van der Waals surface area contributed by atoms with Gasteiger partial charge in [0.2, 0.25) is 5.91 Å². The molecule has 0 aromatic heterocycles. The largest absolute Gasteiger partial charge is 0.392 e. The number of carbonyl (C=O) groups excluding carboxylic acids is 2. The van der Waals surface area contributed by atoms with Crippen molar-refractivity contribution in [2.45, 2.75) is 114 Å². The minimum absolute atomic E-state index is 0.557. The van der Waals surface area contributed by atoms with E-state index < -0.39 is 84.1 Å². The number of carbonyl (C=O) groups is 2. The molecule has 0 aliphatic carbocycles. The molecule has 0 heterocycles. The molecule has 0 bridgehead atoms. The number of nitrogens with one attached hydrogen (secondary N) is 2. The predicted molar refractivity (Wildman–Crippen MR) is 104 cm³/mol. The van der Waals surface area contributed by atoms with Gasteiger partial charge in [0.05, 0.1) is 0 Å². The number of hydrogen-bond donors (Lipinski definition) is 2. The zero-order valence-electron chi connectivity index (χ0n) is 20.2. The Morgan fingerprint density at radius 2 is 0.944 bits per heavy atom. The monoisotopic (exact) mass is 556 g/mol. The Morgan fingerprint density at radius 1 is 0.556 bits per heavy atom. The third-order valence-corrected chi connectivity index (χ3v) is 4.47. The molecule has 0 spiro atoms. The summed E-state index contributed by atoms with van der Waals surface area (Å²) >= 11 is 0. The van der Waals surface area contributed by atoms with Crippen LogP contribution < -0.4 is 10.6 Å². The van der Waals surface area contributed by atoms with E-state index in [0.717, 1.165) is 26.1 Å². The summed E-state index contributed by atoms with van der Waals surface area (Å²) in [7, 11) is 0. The molecule has 36 heavy (non-hydrogen) atoms. The lowest BCUT2D eigenvalue weighted by Crippen LogP contribution is -2.72. The van der Waals surface area contributed by atoms with Crippen LogP contribution in [0.1, 0.15) is 67.2 Å². The highest BCUT2D eigenvalue weighted by atomic mass is 19.4. The van der Waals surface area contributed by atoms with Gasteiger partial charge in [-0.1, -0.05) is 0 Å². The van der Waals surface area contributed by atoms with Crippen LogP contribution in [-0.4, -0.2) is 58.4 Å². The molecule has 0 aliphatic heterocycles. The number of alkyl halides is 12. The summed E-state index contributed by atoms with van der Waals surface area (Å²) in [6.07, 6.45) is -4.57. The fourth-order valence-corrected chi connectivity index (χ4v) is 2.65. The SMILES string of the molecule is CC(C)(C)NC(=O)CCCCC(F)(F)C(F)(F)C(F)(F)C(F)(F)C(F)(F)C(F)(F)C(=O)NC(C)(C)C. The predicted octanol–water partition coefficient (Wildman–Crippen LogP) is 6.19. The fourth-order valence-electron chi connectivity index (χ4n) is 2.65. The number of rotatable bonds is 11. The Hall–Kier alpha value is -1.90. The van der Waals surface area contributed by atoms with Crippen LogP contribution in [0.5, 0.6) is 0 Å². The van der Waals surface area contributed by atoms with Gasteiger partial charge in [-0.2, -0.15) is 52.7 Å². The molecule has 0 aromatic carbocycles. The van der Waals surface area contributed by atoms with E-state index in [1.165, 1.54) is 20.8 Å². The number of halogens is 12. The lowest BCUT2D eigenvalue weighted by atomic mass is 9.89. The second kappa shape index (κ2) is 10.1. The van der Waals surface area contributed by atoms with Crippen molar-refractivity contribution in [3.8, 4) is 0 Å². The van der Waals surface area contributed by atoms with E-state index in [-0.39, 0.29) is 0 Å². The van der Waals surface area contributed by atoms with Crippen LogP contribution in [0.4, 0.5) is 52.7 Å². The first-order valence-corrected chi connectivity index (χ1v) is 10.4. The van der Waals surface area contributed by atoms with E-state index in [2.05, 4.69) is 5.32 Å². The van der Waals surface area contributed by atoms with Gasteiger partial charge in [-0.15, -0.1) is 0 Å². The van der Waals surface area contributed by atoms with E-state index in [9.17, 15) is 62.3 Å². The van der Waals surface area contributed by atoms with Gasteiger partial charge >= 0.3 is 35.5 Å². The van der Waals surface area contributed by atoms with Gasteiger partial charge in [-0.3, -0.25) is 9.59 Å². The second-order valence-corrected chi connectivity index (χ2v) is 10.3. The molecule has 0 radical (unpaired) electrons. The molecule has 0 aliphatic rings. The highest BCUT2D eigenvalue weighted by Crippen LogP contribution is 2.60. The lowest BCUT2D eigenvalue weighted by molar-refractivity contribution is -0.420. The van der Waals surface area contributed by atoms with E-state index in [1.807, 2.05) is 0 Å². The molecule has 214 valence electrons. The van der Waals surface area contributed by atoms with Crippen molar-refractivity contribution >= 4 is 11.8 Å². The Morgan fingerprint density at radius 3 is 1.33 bits per heavy atom. The van der Waals surface area contributed by atoms with Crippen molar-refractivity contribution in [1.82, 2.24) is 10.6 Å². The van der Waals surface area contributed by atoms with Crippen LogP contribution in [0.2, 0.25) is 0 Å². The topological polar surface area (TPSA) is 58.2 Å². The number of unbranched alkanes of at least 4 members (excludes halogenated alkanes) is 1. The third-order valence-electron chi connectivity index (χ3n) is 4.47. The van der Waals surface area contributed by atoms with E-state index in [4.69, 9.17) is 0 Å². The Kier molecular flexibility index (Phi) is 9.57. The molecule has 0 unspecified atom stereocenters. The lowest BCUT2D eigenvalue weighted by Gasteiger charge is -2.41. The van der Waals surface area contributed by atoms with Crippen LogP contribution >= 0.6 is 0 Å². The van der Waals surface area contributed by atoms with Crippen molar-refractivity contribution in [3.05, 3.63) is 0 Å².